The summed E-state index contributed by atoms with van der Waals surface area (Å²) in [4.78, 5) is 42.8. The highest BCUT2D eigenvalue weighted by atomic mass is 16.5. The number of methoxy groups -OCH3 is 5. The standard InChI is InChI=1S/C42H56N2O10/c1-10-31(29-24-36(50-7)39(52-9)37(25-29)51-8)40(46)44-21-12-11-16-32(44)41(47)54-33(19-17-27-18-20-34(48-5)35(22-27)49-6)28-14-13-15-30(23-28)53-26-38(45)43-42(2,3)4/h13-15,18,20,22-25,31-33H,10-12,16-17,19,21,26H2,1-9H3,(H,43,45)/t31-,32-,33+/m0/s1. The lowest BCUT2D eigenvalue weighted by Gasteiger charge is -2.37. The summed E-state index contributed by atoms with van der Waals surface area (Å²) in [5.74, 6) is 1.57. The van der Waals surface area contributed by atoms with E-state index < -0.39 is 29.6 Å². The molecule has 1 heterocycles. The first-order valence-electron chi connectivity index (χ1n) is 18.4. The summed E-state index contributed by atoms with van der Waals surface area (Å²) >= 11 is 0. The number of amides is 2. The van der Waals surface area contributed by atoms with E-state index >= 15 is 0 Å². The number of carbonyl (C=O) groups excluding carboxylic acids is 3. The van der Waals surface area contributed by atoms with E-state index in [1.807, 2.05) is 58.0 Å². The number of hydrogen-bond donors (Lipinski definition) is 1. The van der Waals surface area contributed by atoms with E-state index in [1.54, 1.807) is 43.4 Å². The number of hydrogen-bond acceptors (Lipinski definition) is 10. The van der Waals surface area contributed by atoms with Crippen molar-refractivity contribution < 1.29 is 47.5 Å². The maximum absolute atomic E-state index is 14.4. The molecule has 3 aromatic rings. The van der Waals surface area contributed by atoms with Gasteiger partial charge in [-0.2, -0.15) is 0 Å². The lowest BCUT2D eigenvalue weighted by Crippen LogP contribution is -2.50. The Morgan fingerprint density at radius 2 is 1.50 bits per heavy atom. The molecular weight excluding hydrogens is 692 g/mol. The van der Waals surface area contributed by atoms with Crippen molar-refractivity contribution in [1.29, 1.82) is 0 Å². The zero-order valence-electron chi connectivity index (χ0n) is 33.1. The van der Waals surface area contributed by atoms with Crippen molar-refractivity contribution in [1.82, 2.24) is 10.2 Å². The molecule has 2 amide bonds. The Kier molecular flexibility index (Phi) is 14.9. The van der Waals surface area contributed by atoms with Crippen LogP contribution in [0.3, 0.4) is 0 Å². The smallest absolute Gasteiger partial charge is 0.329 e. The largest absolute Gasteiger partial charge is 0.493 e. The zero-order chi connectivity index (χ0) is 39.4. The third-order valence-electron chi connectivity index (χ3n) is 9.37. The van der Waals surface area contributed by atoms with Gasteiger partial charge in [0.05, 0.1) is 41.5 Å². The Balaban J connectivity index is 1.61. The van der Waals surface area contributed by atoms with Gasteiger partial charge in [-0.1, -0.05) is 25.1 Å². The second-order valence-electron chi connectivity index (χ2n) is 14.3. The predicted molar refractivity (Wildman–Crippen MR) is 205 cm³/mol. The van der Waals surface area contributed by atoms with Gasteiger partial charge in [0, 0.05) is 12.1 Å². The molecule has 3 aromatic carbocycles. The van der Waals surface area contributed by atoms with E-state index in [0.29, 0.717) is 77.9 Å². The van der Waals surface area contributed by atoms with E-state index in [1.165, 1.54) is 21.3 Å². The zero-order valence-corrected chi connectivity index (χ0v) is 33.1. The fourth-order valence-corrected chi connectivity index (χ4v) is 6.75. The molecule has 0 aliphatic carbocycles. The Morgan fingerprint density at radius 3 is 2.11 bits per heavy atom. The number of benzene rings is 3. The van der Waals surface area contributed by atoms with Crippen molar-refractivity contribution in [2.75, 3.05) is 48.7 Å². The number of likely N-dealkylation sites (tertiary alicyclic amines) is 1. The molecule has 0 saturated carbocycles. The Bertz CT molecular complexity index is 1710. The molecular formula is C42H56N2O10. The monoisotopic (exact) mass is 748 g/mol. The number of aryl methyl sites for hydroxylation is 1. The Labute approximate surface area is 319 Å². The summed E-state index contributed by atoms with van der Waals surface area (Å²) in [7, 11) is 7.77. The van der Waals surface area contributed by atoms with Crippen LogP contribution >= 0.6 is 0 Å². The highest BCUT2D eigenvalue weighted by Gasteiger charge is 2.38. The number of esters is 1. The molecule has 12 heteroatoms. The van der Waals surface area contributed by atoms with Crippen molar-refractivity contribution in [3.05, 3.63) is 71.3 Å². The average Bonchev–Trinajstić information content (AvgIpc) is 3.17. The van der Waals surface area contributed by atoms with Crippen LogP contribution in [0.25, 0.3) is 0 Å². The summed E-state index contributed by atoms with van der Waals surface area (Å²) in [5.41, 5.74) is 1.97. The number of rotatable bonds is 17. The van der Waals surface area contributed by atoms with Crippen LogP contribution in [0.2, 0.25) is 0 Å². The fraction of sp³-hybridized carbons (Fsp3) is 0.500. The van der Waals surface area contributed by atoms with Gasteiger partial charge in [0.15, 0.2) is 29.6 Å². The van der Waals surface area contributed by atoms with Crippen LogP contribution in [0, 0.1) is 0 Å². The van der Waals surface area contributed by atoms with Crippen LogP contribution < -0.4 is 33.7 Å². The number of carbonyl (C=O) groups is 3. The van der Waals surface area contributed by atoms with E-state index in [-0.39, 0.29) is 18.4 Å². The number of ether oxygens (including phenoxy) is 7. The normalized spacial score (nSPS) is 15.4. The van der Waals surface area contributed by atoms with E-state index in [9.17, 15) is 14.4 Å². The summed E-state index contributed by atoms with van der Waals surface area (Å²) in [6.45, 7) is 7.91. The molecule has 1 fully saturated rings. The maximum Gasteiger partial charge on any atom is 0.329 e. The van der Waals surface area contributed by atoms with Gasteiger partial charge in [0.2, 0.25) is 11.7 Å². The summed E-state index contributed by atoms with van der Waals surface area (Å²) in [6, 6.07) is 15.7. The SMILES string of the molecule is CC[C@H](C(=O)N1CCCC[C@H]1C(=O)O[C@H](CCc1ccc(OC)c(OC)c1)c1cccc(OCC(=O)NC(C)(C)C)c1)c1cc(OC)c(OC)c(OC)c1. The topological polar surface area (TPSA) is 131 Å². The first kappa shape index (κ1) is 41.6. The van der Waals surface area contributed by atoms with Crippen LogP contribution in [0.5, 0.6) is 34.5 Å². The third kappa shape index (κ3) is 10.7. The van der Waals surface area contributed by atoms with Gasteiger partial charge in [0.25, 0.3) is 5.91 Å². The van der Waals surface area contributed by atoms with Crippen molar-refractivity contribution in [3.8, 4) is 34.5 Å². The maximum atomic E-state index is 14.4. The molecule has 0 unspecified atom stereocenters. The lowest BCUT2D eigenvalue weighted by atomic mass is 9.91. The summed E-state index contributed by atoms with van der Waals surface area (Å²) < 4.78 is 39.8. The van der Waals surface area contributed by atoms with Gasteiger partial charge in [0.1, 0.15) is 17.9 Å². The van der Waals surface area contributed by atoms with Gasteiger partial charge in [-0.15, -0.1) is 0 Å². The van der Waals surface area contributed by atoms with E-state index in [0.717, 1.165) is 18.4 Å². The van der Waals surface area contributed by atoms with Crippen LogP contribution in [-0.2, 0) is 25.5 Å². The molecule has 1 aliphatic rings. The van der Waals surface area contributed by atoms with E-state index in [4.69, 9.17) is 33.2 Å². The lowest BCUT2D eigenvalue weighted by molar-refractivity contribution is -0.162. The van der Waals surface area contributed by atoms with Crippen LogP contribution in [-0.4, -0.2) is 83.0 Å². The van der Waals surface area contributed by atoms with Gasteiger partial charge >= 0.3 is 5.97 Å². The molecule has 0 aromatic heterocycles. The quantitative estimate of drug-likeness (QED) is 0.147. The van der Waals surface area contributed by atoms with Crippen molar-refractivity contribution in [2.45, 2.75) is 89.8 Å². The van der Waals surface area contributed by atoms with Crippen molar-refractivity contribution in [3.63, 3.8) is 0 Å². The molecule has 1 aliphatic heterocycles. The van der Waals surface area contributed by atoms with Gasteiger partial charge in [-0.25, -0.2) is 4.79 Å². The van der Waals surface area contributed by atoms with Crippen LogP contribution in [0.1, 0.15) is 88.5 Å². The molecule has 4 rings (SSSR count). The molecule has 1 N–H and O–H groups in total. The molecule has 1 saturated heterocycles. The average molecular weight is 749 g/mol. The summed E-state index contributed by atoms with van der Waals surface area (Å²) in [5, 5.41) is 2.89. The molecule has 54 heavy (non-hydrogen) atoms. The minimum atomic E-state index is -0.772. The minimum absolute atomic E-state index is 0.166. The molecule has 294 valence electrons. The first-order chi connectivity index (χ1) is 25.9. The van der Waals surface area contributed by atoms with E-state index in [2.05, 4.69) is 5.32 Å². The first-order valence-corrected chi connectivity index (χ1v) is 18.4. The van der Waals surface area contributed by atoms with Crippen LogP contribution in [0.15, 0.2) is 54.6 Å². The number of nitrogens with zero attached hydrogens (tertiary/aromatic N) is 1. The molecule has 3 atom stereocenters. The van der Waals surface area contributed by atoms with Gasteiger partial charge < -0.3 is 43.4 Å². The molecule has 0 bridgehead atoms. The Morgan fingerprint density at radius 1 is 0.815 bits per heavy atom. The number of piperidine rings is 1. The minimum Gasteiger partial charge on any atom is -0.493 e. The second kappa shape index (κ2) is 19.3. The highest BCUT2D eigenvalue weighted by Crippen LogP contribution is 2.41. The molecule has 0 spiro atoms. The fourth-order valence-electron chi connectivity index (χ4n) is 6.75. The highest BCUT2D eigenvalue weighted by molar-refractivity contribution is 5.89. The van der Waals surface area contributed by atoms with Gasteiger partial charge in [-0.05, 0) is 112 Å². The number of nitrogens with one attached hydrogen (secondary N) is 1. The van der Waals surface area contributed by atoms with Crippen LogP contribution in [0.4, 0.5) is 0 Å². The predicted octanol–water partition coefficient (Wildman–Crippen LogP) is 6.82. The molecule has 0 radical (unpaired) electrons. The molecule has 12 nitrogen and oxygen atoms in total. The summed E-state index contributed by atoms with van der Waals surface area (Å²) in [6.07, 6.45) is 2.80. The Hall–Kier alpha value is -5.13. The van der Waals surface area contributed by atoms with Crippen molar-refractivity contribution >= 4 is 17.8 Å². The van der Waals surface area contributed by atoms with Gasteiger partial charge in [-0.3, -0.25) is 9.59 Å². The second-order valence-corrected chi connectivity index (χ2v) is 14.3. The van der Waals surface area contributed by atoms with Crippen molar-refractivity contribution in [2.24, 2.45) is 0 Å². The third-order valence-corrected chi connectivity index (χ3v) is 9.37.